The Balaban J connectivity index is 2.44. The normalized spacial score (nSPS) is 11.5. The van der Waals surface area contributed by atoms with Crippen molar-refractivity contribution in [1.82, 2.24) is 4.98 Å². The van der Waals surface area contributed by atoms with Crippen molar-refractivity contribution < 1.29 is 17.9 Å². The maximum Gasteiger partial charge on any atom is 0.416 e. The van der Waals surface area contributed by atoms with Crippen LogP contribution in [0.25, 0.3) is 0 Å². The number of hydrogen-bond donors (Lipinski definition) is 1. The summed E-state index contributed by atoms with van der Waals surface area (Å²) < 4.78 is 42.3. The Morgan fingerprint density at radius 1 is 1.41 bits per heavy atom. The topological polar surface area (TPSA) is 34.1 Å². The molecule has 17 heavy (non-hydrogen) atoms. The number of nitrogens with zero attached hydrogens (tertiary/aromatic N) is 1. The van der Waals surface area contributed by atoms with E-state index < -0.39 is 11.7 Å². The van der Waals surface area contributed by atoms with E-state index in [1.54, 1.807) is 0 Å². The summed E-state index contributed by atoms with van der Waals surface area (Å²) in [6, 6.07) is 1.95. The summed E-state index contributed by atoms with van der Waals surface area (Å²) in [6.07, 6.45) is -2.45. The second-order valence-electron chi connectivity index (χ2n) is 3.40. The average Bonchev–Trinajstić information content (AvgIpc) is 2.28. The van der Waals surface area contributed by atoms with Crippen LogP contribution in [0.15, 0.2) is 18.3 Å². The van der Waals surface area contributed by atoms with Gasteiger partial charge in [-0.3, -0.25) is 0 Å². The van der Waals surface area contributed by atoms with E-state index in [-0.39, 0.29) is 5.82 Å². The van der Waals surface area contributed by atoms with E-state index in [0.29, 0.717) is 19.8 Å². The maximum absolute atomic E-state index is 12.4. The molecule has 0 bridgehead atoms. The van der Waals surface area contributed by atoms with Gasteiger partial charge in [0.05, 0.1) is 5.56 Å². The SMILES string of the molecule is CCOCCCNc1cc(C(F)(F)F)ccn1. The molecule has 0 atom stereocenters. The van der Waals surface area contributed by atoms with E-state index in [4.69, 9.17) is 4.74 Å². The lowest BCUT2D eigenvalue weighted by Gasteiger charge is -2.09. The fourth-order valence-corrected chi connectivity index (χ4v) is 1.24. The summed E-state index contributed by atoms with van der Waals surface area (Å²) in [5.74, 6) is 0.233. The van der Waals surface area contributed by atoms with Crippen molar-refractivity contribution in [3.63, 3.8) is 0 Å². The largest absolute Gasteiger partial charge is 0.416 e. The number of alkyl halides is 3. The monoisotopic (exact) mass is 248 g/mol. The number of pyridine rings is 1. The number of ether oxygens (including phenoxy) is 1. The molecule has 0 fully saturated rings. The van der Waals surface area contributed by atoms with Gasteiger partial charge in [-0.25, -0.2) is 4.98 Å². The number of hydrogen-bond acceptors (Lipinski definition) is 3. The summed E-state index contributed by atoms with van der Waals surface area (Å²) in [7, 11) is 0. The predicted molar refractivity (Wildman–Crippen MR) is 58.8 cm³/mol. The van der Waals surface area contributed by atoms with Gasteiger partial charge in [0, 0.05) is 26.0 Å². The van der Waals surface area contributed by atoms with E-state index in [0.717, 1.165) is 24.8 Å². The molecular formula is C11H15F3N2O. The summed E-state index contributed by atoms with van der Waals surface area (Å²) in [5, 5.41) is 2.82. The lowest BCUT2D eigenvalue weighted by molar-refractivity contribution is -0.137. The van der Waals surface area contributed by atoms with Gasteiger partial charge in [0.1, 0.15) is 5.82 Å². The van der Waals surface area contributed by atoms with Crippen LogP contribution in [0.2, 0.25) is 0 Å². The molecule has 0 aliphatic carbocycles. The molecule has 0 spiro atoms. The van der Waals surface area contributed by atoms with Crippen LogP contribution in [0.1, 0.15) is 18.9 Å². The molecule has 1 N–H and O–H groups in total. The van der Waals surface area contributed by atoms with Gasteiger partial charge < -0.3 is 10.1 Å². The molecule has 1 aromatic heterocycles. The first-order chi connectivity index (χ1) is 8.04. The molecule has 0 amide bonds. The number of rotatable bonds is 6. The summed E-state index contributed by atoms with van der Waals surface area (Å²) in [4.78, 5) is 3.82. The summed E-state index contributed by atoms with van der Waals surface area (Å²) in [6.45, 7) is 3.65. The van der Waals surface area contributed by atoms with Crippen LogP contribution in [0.5, 0.6) is 0 Å². The number of halogens is 3. The fourth-order valence-electron chi connectivity index (χ4n) is 1.24. The lowest BCUT2D eigenvalue weighted by Crippen LogP contribution is -2.09. The van der Waals surface area contributed by atoms with Crippen LogP contribution in [0.4, 0.5) is 19.0 Å². The Hall–Kier alpha value is -1.30. The third-order valence-electron chi connectivity index (χ3n) is 2.06. The Morgan fingerprint density at radius 2 is 2.18 bits per heavy atom. The molecule has 0 unspecified atom stereocenters. The average molecular weight is 248 g/mol. The predicted octanol–water partition coefficient (Wildman–Crippen LogP) is 2.94. The van der Waals surface area contributed by atoms with Gasteiger partial charge in [-0.15, -0.1) is 0 Å². The highest BCUT2D eigenvalue weighted by Crippen LogP contribution is 2.29. The molecule has 0 saturated carbocycles. The van der Waals surface area contributed by atoms with Crippen molar-refractivity contribution in [1.29, 1.82) is 0 Å². The van der Waals surface area contributed by atoms with Crippen molar-refractivity contribution >= 4 is 5.82 Å². The zero-order chi connectivity index (χ0) is 12.7. The van der Waals surface area contributed by atoms with Gasteiger partial charge >= 0.3 is 6.18 Å². The number of anilines is 1. The van der Waals surface area contributed by atoms with Crippen molar-refractivity contribution in [2.24, 2.45) is 0 Å². The molecule has 0 aliphatic heterocycles. The third-order valence-corrected chi connectivity index (χ3v) is 2.06. The minimum atomic E-state index is -4.33. The molecule has 1 aromatic rings. The minimum Gasteiger partial charge on any atom is -0.382 e. The zero-order valence-corrected chi connectivity index (χ0v) is 9.55. The summed E-state index contributed by atoms with van der Waals surface area (Å²) >= 11 is 0. The molecule has 96 valence electrons. The maximum atomic E-state index is 12.4. The van der Waals surface area contributed by atoms with Gasteiger partial charge in [0.25, 0.3) is 0 Å². The van der Waals surface area contributed by atoms with Crippen LogP contribution in [-0.2, 0) is 10.9 Å². The molecule has 0 aliphatic rings. The van der Waals surface area contributed by atoms with Crippen molar-refractivity contribution in [2.75, 3.05) is 25.1 Å². The Bertz CT molecular complexity index is 342. The van der Waals surface area contributed by atoms with Gasteiger partial charge in [-0.1, -0.05) is 0 Å². The first kappa shape index (κ1) is 13.8. The highest BCUT2D eigenvalue weighted by molar-refractivity contribution is 5.38. The van der Waals surface area contributed by atoms with Gasteiger partial charge in [0.15, 0.2) is 0 Å². The quantitative estimate of drug-likeness (QED) is 0.786. The molecule has 3 nitrogen and oxygen atoms in total. The zero-order valence-electron chi connectivity index (χ0n) is 9.55. The van der Waals surface area contributed by atoms with Crippen molar-refractivity contribution in [3.05, 3.63) is 23.9 Å². The highest BCUT2D eigenvalue weighted by Gasteiger charge is 2.30. The smallest absolute Gasteiger partial charge is 0.382 e. The number of nitrogens with one attached hydrogen (secondary N) is 1. The molecule has 6 heteroatoms. The molecule has 1 heterocycles. The third kappa shape index (κ3) is 5.04. The lowest BCUT2D eigenvalue weighted by atomic mass is 10.2. The highest BCUT2D eigenvalue weighted by atomic mass is 19.4. The van der Waals surface area contributed by atoms with Crippen molar-refractivity contribution in [3.8, 4) is 0 Å². The fraction of sp³-hybridized carbons (Fsp3) is 0.545. The van der Waals surface area contributed by atoms with E-state index in [1.807, 2.05) is 6.92 Å². The van der Waals surface area contributed by atoms with E-state index in [9.17, 15) is 13.2 Å². The standard InChI is InChI=1S/C11H15F3N2O/c1-2-17-7-3-5-15-10-8-9(4-6-16-10)11(12,13)14/h4,6,8H,2-3,5,7H2,1H3,(H,15,16). The number of aromatic nitrogens is 1. The molecular weight excluding hydrogens is 233 g/mol. The molecule has 0 saturated heterocycles. The van der Waals surface area contributed by atoms with Crippen LogP contribution in [0.3, 0.4) is 0 Å². The Labute approximate surface area is 98.0 Å². The second-order valence-corrected chi connectivity index (χ2v) is 3.40. The van der Waals surface area contributed by atoms with Gasteiger partial charge in [-0.2, -0.15) is 13.2 Å². The van der Waals surface area contributed by atoms with E-state index in [2.05, 4.69) is 10.3 Å². The first-order valence-corrected chi connectivity index (χ1v) is 5.39. The molecule has 1 rings (SSSR count). The van der Waals surface area contributed by atoms with Crippen LogP contribution in [-0.4, -0.2) is 24.7 Å². The van der Waals surface area contributed by atoms with Crippen LogP contribution >= 0.6 is 0 Å². The van der Waals surface area contributed by atoms with Crippen LogP contribution < -0.4 is 5.32 Å². The molecule has 0 aromatic carbocycles. The van der Waals surface area contributed by atoms with E-state index >= 15 is 0 Å². The minimum absolute atomic E-state index is 0.233. The van der Waals surface area contributed by atoms with Gasteiger partial charge in [0.2, 0.25) is 0 Å². The van der Waals surface area contributed by atoms with Crippen molar-refractivity contribution in [2.45, 2.75) is 19.5 Å². The Morgan fingerprint density at radius 3 is 2.82 bits per heavy atom. The second kappa shape index (κ2) is 6.44. The first-order valence-electron chi connectivity index (χ1n) is 5.39. The summed E-state index contributed by atoms with van der Waals surface area (Å²) in [5.41, 5.74) is -0.695. The van der Waals surface area contributed by atoms with E-state index in [1.165, 1.54) is 0 Å². The molecule has 0 radical (unpaired) electrons. The van der Waals surface area contributed by atoms with Crippen LogP contribution in [0, 0.1) is 0 Å². The Kier molecular flexibility index (Phi) is 5.21. The van der Waals surface area contributed by atoms with Gasteiger partial charge in [-0.05, 0) is 25.5 Å².